The third-order valence-electron chi connectivity index (χ3n) is 7.87. The molecule has 5 heterocycles. The van der Waals surface area contributed by atoms with Crippen LogP contribution in [0.1, 0.15) is 57.5 Å². The Bertz CT molecular complexity index is 1660. The maximum absolute atomic E-state index is 14.1. The van der Waals surface area contributed by atoms with Crippen molar-refractivity contribution in [1.29, 1.82) is 0 Å². The third kappa shape index (κ3) is 3.86. The van der Waals surface area contributed by atoms with Crippen LogP contribution in [0.2, 0.25) is 0 Å². The van der Waals surface area contributed by atoms with Crippen LogP contribution in [0.15, 0.2) is 53.5 Å². The average molecular weight is 521 g/mol. The smallest absolute Gasteiger partial charge is 0.275 e. The number of aryl methyl sites for hydroxylation is 2. The summed E-state index contributed by atoms with van der Waals surface area (Å²) in [6, 6.07) is 16.0. The number of aliphatic imine (C=N–C) groups is 1. The van der Waals surface area contributed by atoms with Crippen LogP contribution >= 0.6 is 0 Å². The third-order valence-corrected chi connectivity index (χ3v) is 7.87. The summed E-state index contributed by atoms with van der Waals surface area (Å²) in [4.78, 5) is 36.3. The van der Waals surface area contributed by atoms with Gasteiger partial charge in [-0.05, 0) is 56.4 Å². The van der Waals surface area contributed by atoms with Crippen LogP contribution in [0.4, 0.5) is 11.4 Å². The van der Waals surface area contributed by atoms with Gasteiger partial charge in [0.15, 0.2) is 11.3 Å². The fraction of sp³-hybridized carbons (Fsp3) is 0.310. The highest BCUT2D eigenvalue weighted by molar-refractivity contribution is 6.09. The van der Waals surface area contributed by atoms with Crippen molar-refractivity contribution in [2.75, 3.05) is 22.9 Å². The zero-order valence-corrected chi connectivity index (χ0v) is 21.8. The minimum Gasteiger partial charge on any atom is -0.372 e. The summed E-state index contributed by atoms with van der Waals surface area (Å²) >= 11 is 0. The molecule has 10 heteroatoms. The molecule has 1 fully saturated rings. The standard InChI is InChI=1S/C29H28N8O2/c1-17-12-24-32-33-25(18(2)37(24)34-17)28(38)31-27-29(39)36-23(19-8-4-3-5-9-19)15-20-13-22(35-10-6-7-11-35)14-21(16-30-27)26(20)36/h3-5,8-9,12-14,16,23,27H,6-7,10-11,15H2,1-2H3,(H,31,38)/t23?,27-/m0/s1. The molecule has 2 aromatic carbocycles. The highest BCUT2D eigenvalue weighted by Gasteiger charge is 2.42. The summed E-state index contributed by atoms with van der Waals surface area (Å²) in [7, 11) is 0. The molecule has 0 saturated carbocycles. The molecule has 3 aliphatic heterocycles. The maximum atomic E-state index is 14.1. The van der Waals surface area contributed by atoms with E-state index in [-0.39, 0.29) is 17.6 Å². The summed E-state index contributed by atoms with van der Waals surface area (Å²) in [5, 5.41) is 15.5. The van der Waals surface area contributed by atoms with Crippen molar-refractivity contribution in [2.24, 2.45) is 4.99 Å². The molecule has 7 rings (SSSR count). The summed E-state index contributed by atoms with van der Waals surface area (Å²) < 4.78 is 1.59. The second-order valence-corrected chi connectivity index (χ2v) is 10.4. The van der Waals surface area contributed by atoms with Crippen LogP contribution in [0.3, 0.4) is 0 Å². The van der Waals surface area contributed by atoms with Crippen LogP contribution in [0.25, 0.3) is 5.65 Å². The van der Waals surface area contributed by atoms with E-state index in [1.54, 1.807) is 23.7 Å². The molecule has 3 aliphatic rings. The van der Waals surface area contributed by atoms with Gasteiger partial charge in [0.2, 0.25) is 6.17 Å². The van der Waals surface area contributed by atoms with E-state index < -0.39 is 12.1 Å². The molecular formula is C29H28N8O2. The Hall–Kier alpha value is -4.60. The van der Waals surface area contributed by atoms with E-state index in [9.17, 15) is 9.59 Å². The number of hydrogen-bond acceptors (Lipinski definition) is 7. The van der Waals surface area contributed by atoms with Crippen molar-refractivity contribution >= 4 is 35.1 Å². The lowest BCUT2D eigenvalue weighted by Gasteiger charge is -2.28. The Labute approximate surface area is 225 Å². The lowest BCUT2D eigenvalue weighted by molar-refractivity contribution is -0.120. The van der Waals surface area contributed by atoms with Crippen molar-refractivity contribution in [1.82, 2.24) is 25.1 Å². The number of amides is 2. The Morgan fingerprint density at radius 1 is 1.03 bits per heavy atom. The van der Waals surface area contributed by atoms with Gasteiger partial charge in [-0.15, -0.1) is 10.2 Å². The molecule has 2 atom stereocenters. The molecule has 1 N–H and O–H groups in total. The van der Waals surface area contributed by atoms with Crippen molar-refractivity contribution in [3.8, 4) is 0 Å². The van der Waals surface area contributed by atoms with Crippen LogP contribution in [-0.2, 0) is 11.2 Å². The number of aromatic nitrogens is 4. The number of nitrogens with zero attached hydrogens (tertiary/aromatic N) is 7. The summed E-state index contributed by atoms with van der Waals surface area (Å²) in [5.74, 6) is -0.800. The molecule has 0 aliphatic carbocycles. The number of hydrogen-bond donors (Lipinski definition) is 1. The van der Waals surface area contributed by atoms with Gasteiger partial charge in [-0.2, -0.15) is 5.10 Å². The number of benzene rings is 2. The summed E-state index contributed by atoms with van der Waals surface area (Å²) in [5.41, 5.74) is 7.07. The van der Waals surface area contributed by atoms with Gasteiger partial charge in [0.1, 0.15) is 0 Å². The van der Waals surface area contributed by atoms with E-state index in [2.05, 4.69) is 42.6 Å². The van der Waals surface area contributed by atoms with Gasteiger partial charge in [-0.1, -0.05) is 30.3 Å². The van der Waals surface area contributed by atoms with E-state index >= 15 is 0 Å². The SMILES string of the molecule is Cc1cc2nnc(C(=O)N[C@@H]3N=Cc4cc(N5CCCC5)cc5c4N(C3=O)C(c3ccccc3)C5)c(C)n2n1. The first-order chi connectivity index (χ1) is 19.0. The first kappa shape index (κ1) is 23.5. The van der Waals surface area contributed by atoms with Crippen LogP contribution in [0, 0.1) is 13.8 Å². The fourth-order valence-corrected chi connectivity index (χ4v) is 6.00. The quantitative estimate of drug-likeness (QED) is 0.443. The number of rotatable bonds is 4. The second kappa shape index (κ2) is 9.00. The number of nitrogens with one attached hydrogen (secondary N) is 1. The first-order valence-electron chi connectivity index (χ1n) is 13.3. The minimum atomic E-state index is -1.10. The first-order valence-corrected chi connectivity index (χ1v) is 13.3. The molecule has 2 aromatic heterocycles. The average Bonchev–Trinajstić information content (AvgIpc) is 3.67. The van der Waals surface area contributed by atoms with Gasteiger partial charge in [0.25, 0.3) is 11.8 Å². The van der Waals surface area contributed by atoms with E-state index in [0.29, 0.717) is 17.8 Å². The van der Waals surface area contributed by atoms with Gasteiger partial charge < -0.3 is 15.1 Å². The van der Waals surface area contributed by atoms with Crippen molar-refractivity contribution < 1.29 is 9.59 Å². The summed E-state index contributed by atoms with van der Waals surface area (Å²) in [6.45, 7) is 5.67. The van der Waals surface area contributed by atoms with Gasteiger partial charge in [-0.25, -0.2) is 4.52 Å². The van der Waals surface area contributed by atoms with Gasteiger partial charge in [0, 0.05) is 36.6 Å². The normalized spacial score (nSPS) is 20.0. The van der Waals surface area contributed by atoms with Crippen LogP contribution in [-0.4, -0.2) is 57.1 Å². The molecule has 0 bridgehead atoms. The maximum Gasteiger partial charge on any atom is 0.275 e. The topological polar surface area (TPSA) is 108 Å². The lowest BCUT2D eigenvalue weighted by atomic mass is 10.0. The van der Waals surface area contributed by atoms with Crippen molar-refractivity contribution in [3.05, 3.63) is 82.3 Å². The lowest BCUT2D eigenvalue weighted by Crippen LogP contribution is -2.48. The molecule has 196 valence electrons. The number of anilines is 2. The Morgan fingerprint density at radius 3 is 2.62 bits per heavy atom. The number of carbonyl (C=O) groups is 2. The van der Waals surface area contributed by atoms with Crippen LogP contribution < -0.4 is 15.1 Å². The van der Waals surface area contributed by atoms with Crippen molar-refractivity contribution in [3.63, 3.8) is 0 Å². The predicted octanol–water partition coefficient (Wildman–Crippen LogP) is 3.16. The van der Waals surface area contributed by atoms with E-state index in [1.807, 2.05) is 42.2 Å². The highest BCUT2D eigenvalue weighted by atomic mass is 16.2. The minimum absolute atomic E-state index is 0.105. The summed E-state index contributed by atoms with van der Waals surface area (Å²) in [6.07, 6.45) is 3.69. The molecule has 0 radical (unpaired) electrons. The van der Waals surface area contributed by atoms with Gasteiger partial charge >= 0.3 is 0 Å². The highest BCUT2D eigenvalue weighted by Crippen LogP contribution is 2.45. The zero-order valence-electron chi connectivity index (χ0n) is 21.8. The Kier molecular flexibility index (Phi) is 5.43. The molecule has 39 heavy (non-hydrogen) atoms. The Morgan fingerprint density at radius 2 is 1.82 bits per heavy atom. The molecule has 2 amide bonds. The fourth-order valence-electron chi connectivity index (χ4n) is 6.00. The molecular weight excluding hydrogens is 492 g/mol. The molecule has 1 unspecified atom stereocenters. The van der Waals surface area contributed by atoms with Gasteiger partial charge in [-0.3, -0.25) is 14.6 Å². The van der Waals surface area contributed by atoms with Crippen LogP contribution in [0.5, 0.6) is 0 Å². The number of carbonyl (C=O) groups excluding carboxylic acids is 2. The van der Waals surface area contributed by atoms with E-state index in [0.717, 1.165) is 46.8 Å². The molecule has 4 aromatic rings. The van der Waals surface area contributed by atoms with E-state index in [4.69, 9.17) is 0 Å². The van der Waals surface area contributed by atoms with E-state index in [1.165, 1.54) is 12.8 Å². The second-order valence-electron chi connectivity index (χ2n) is 10.4. The zero-order chi connectivity index (χ0) is 26.7. The van der Waals surface area contributed by atoms with Gasteiger partial charge in [0.05, 0.1) is 23.1 Å². The monoisotopic (exact) mass is 520 g/mol. The number of fused-ring (bicyclic) bond motifs is 1. The predicted molar refractivity (Wildman–Crippen MR) is 147 cm³/mol. The molecule has 1 saturated heterocycles. The van der Waals surface area contributed by atoms with Crippen molar-refractivity contribution in [2.45, 2.75) is 45.3 Å². The molecule has 0 spiro atoms. The largest absolute Gasteiger partial charge is 0.372 e. The Balaban J connectivity index is 1.27. The molecule has 10 nitrogen and oxygen atoms in total.